The molecular formula is C53H96O6. The highest BCUT2D eigenvalue weighted by Gasteiger charge is 2.19. The van der Waals surface area contributed by atoms with Crippen molar-refractivity contribution < 1.29 is 28.6 Å². The fourth-order valence-electron chi connectivity index (χ4n) is 7.22. The maximum atomic E-state index is 12.8. The molecule has 0 amide bonds. The molecule has 0 aromatic rings. The van der Waals surface area contributed by atoms with Gasteiger partial charge in [-0.3, -0.25) is 14.4 Å². The molecule has 59 heavy (non-hydrogen) atoms. The highest BCUT2D eigenvalue weighted by Crippen LogP contribution is 2.15. The average Bonchev–Trinajstić information content (AvgIpc) is 3.23. The Labute approximate surface area is 365 Å². The summed E-state index contributed by atoms with van der Waals surface area (Å²) < 4.78 is 16.8. The highest BCUT2D eigenvalue weighted by atomic mass is 16.6. The molecule has 344 valence electrons. The summed E-state index contributed by atoms with van der Waals surface area (Å²) >= 11 is 0. The number of allylic oxidation sites excluding steroid dienone is 6. The lowest BCUT2D eigenvalue weighted by atomic mass is 10.0. The molecule has 0 aliphatic rings. The Balaban J connectivity index is 4.37. The fourth-order valence-corrected chi connectivity index (χ4v) is 7.22. The molecule has 0 N–H and O–H groups in total. The first-order chi connectivity index (χ1) is 29.0. The van der Waals surface area contributed by atoms with Crippen LogP contribution in [0, 0.1) is 0 Å². The van der Waals surface area contributed by atoms with Crippen LogP contribution in [0.2, 0.25) is 0 Å². The predicted molar refractivity (Wildman–Crippen MR) is 252 cm³/mol. The molecule has 0 saturated heterocycles. The van der Waals surface area contributed by atoms with E-state index in [-0.39, 0.29) is 31.1 Å². The van der Waals surface area contributed by atoms with Crippen LogP contribution in [0.4, 0.5) is 0 Å². The Morgan fingerprint density at radius 2 is 0.627 bits per heavy atom. The van der Waals surface area contributed by atoms with Crippen molar-refractivity contribution in [1.29, 1.82) is 0 Å². The minimum absolute atomic E-state index is 0.0786. The quantitative estimate of drug-likeness (QED) is 0.0263. The van der Waals surface area contributed by atoms with Crippen molar-refractivity contribution in [3.05, 3.63) is 36.5 Å². The van der Waals surface area contributed by atoms with E-state index in [2.05, 4.69) is 57.2 Å². The Morgan fingerprint density at radius 1 is 0.339 bits per heavy atom. The van der Waals surface area contributed by atoms with Crippen LogP contribution in [0.5, 0.6) is 0 Å². The van der Waals surface area contributed by atoms with E-state index in [1.165, 1.54) is 141 Å². The number of hydrogen-bond donors (Lipinski definition) is 0. The van der Waals surface area contributed by atoms with E-state index in [4.69, 9.17) is 14.2 Å². The van der Waals surface area contributed by atoms with Gasteiger partial charge >= 0.3 is 17.9 Å². The van der Waals surface area contributed by atoms with Gasteiger partial charge in [-0.25, -0.2) is 0 Å². The number of carbonyl (C=O) groups is 3. The largest absolute Gasteiger partial charge is 0.462 e. The van der Waals surface area contributed by atoms with Crippen molar-refractivity contribution in [3.8, 4) is 0 Å². The van der Waals surface area contributed by atoms with Gasteiger partial charge in [0.05, 0.1) is 0 Å². The van der Waals surface area contributed by atoms with Crippen LogP contribution in [0.25, 0.3) is 0 Å². The molecule has 6 heteroatoms. The zero-order chi connectivity index (χ0) is 43.0. The summed E-state index contributed by atoms with van der Waals surface area (Å²) in [4.78, 5) is 37.9. The highest BCUT2D eigenvalue weighted by molar-refractivity contribution is 5.71. The van der Waals surface area contributed by atoms with Crippen LogP contribution in [0.3, 0.4) is 0 Å². The van der Waals surface area contributed by atoms with Crippen LogP contribution >= 0.6 is 0 Å². The van der Waals surface area contributed by atoms with Gasteiger partial charge < -0.3 is 14.2 Å². The van der Waals surface area contributed by atoms with Crippen molar-refractivity contribution in [1.82, 2.24) is 0 Å². The summed E-state index contributed by atoms with van der Waals surface area (Å²) in [6.45, 7) is 6.57. The van der Waals surface area contributed by atoms with Gasteiger partial charge in [-0.15, -0.1) is 0 Å². The Bertz CT molecular complexity index is 1000. The summed E-state index contributed by atoms with van der Waals surface area (Å²) in [7, 11) is 0. The molecular weight excluding hydrogens is 733 g/mol. The van der Waals surface area contributed by atoms with E-state index in [0.29, 0.717) is 19.3 Å². The number of carbonyl (C=O) groups excluding carboxylic acids is 3. The topological polar surface area (TPSA) is 78.9 Å². The van der Waals surface area contributed by atoms with Crippen LogP contribution in [-0.4, -0.2) is 37.2 Å². The van der Waals surface area contributed by atoms with E-state index in [0.717, 1.165) is 83.5 Å². The first-order valence-corrected chi connectivity index (χ1v) is 25.5. The molecule has 1 atom stereocenters. The monoisotopic (exact) mass is 829 g/mol. The minimum atomic E-state index is -0.776. The number of rotatable bonds is 46. The molecule has 0 spiro atoms. The first kappa shape index (κ1) is 56.6. The third-order valence-electron chi connectivity index (χ3n) is 11.1. The summed E-state index contributed by atoms with van der Waals surface area (Å²) in [6.07, 6.45) is 55.5. The van der Waals surface area contributed by atoms with Gasteiger partial charge in [-0.05, 0) is 70.6 Å². The fraction of sp³-hybridized carbons (Fsp3) is 0.830. The van der Waals surface area contributed by atoms with E-state index in [9.17, 15) is 14.4 Å². The summed E-state index contributed by atoms with van der Waals surface area (Å²) in [5, 5.41) is 0. The third kappa shape index (κ3) is 46.5. The normalized spacial score (nSPS) is 12.3. The molecule has 1 unspecified atom stereocenters. The van der Waals surface area contributed by atoms with E-state index < -0.39 is 6.10 Å². The Morgan fingerprint density at radius 3 is 1.03 bits per heavy atom. The van der Waals surface area contributed by atoms with Crippen LogP contribution in [-0.2, 0) is 28.6 Å². The molecule has 0 aliphatic carbocycles. The van der Waals surface area contributed by atoms with Crippen LogP contribution < -0.4 is 0 Å². The minimum Gasteiger partial charge on any atom is -0.462 e. The standard InChI is InChI=1S/C53H96O6/c1-4-7-10-13-16-19-22-24-26-28-31-34-37-40-43-46-52(55)58-49-50(48-57-51(54)45-42-39-36-33-30-21-18-15-12-9-6-3)59-53(56)47-44-41-38-35-32-29-27-25-23-20-17-14-11-8-5-2/h15-16,18-19,24,26,50H,4-14,17,20-23,25,27-49H2,1-3H3/b18-15-,19-16-,26-24-. The molecule has 0 aromatic carbocycles. The van der Waals surface area contributed by atoms with E-state index in [1.54, 1.807) is 0 Å². The molecule has 0 fully saturated rings. The molecule has 0 aromatic heterocycles. The van der Waals surface area contributed by atoms with Gasteiger partial charge in [-0.1, -0.05) is 211 Å². The second-order valence-corrected chi connectivity index (χ2v) is 17.1. The summed E-state index contributed by atoms with van der Waals surface area (Å²) in [6, 6.07) is 0. The molecule has 0 aliphatic heterocycles. The SMILES string of the molecule is CCCC/C=C\CCCCCCCC(=O)OCC(COC(=O)CCCCCCC/C=C\C/C=C\CCCCC)OC(=O)CCCCCCCCCCCCCCCCC. The lowest BCUT2D eigenvalue weighted by molar-refractivity contribution is -0.167. The molecule has 0 heterocycles. The van der Waals surface area contributed by atoms with Crippen molar-refractivity contribution in [2.75, 3.05) is 13.2 Å². The second kappa shape index (κ2) is 48.3. The van der Waals surface area contributed by atoms with Crippen molar-refractivity contribution >= 4 is 17.9 Å². The van der Waals surface area contributed by atoms with Gasteiger partial charge in [0.15, 0.2) is 6.10 Å². The summed E-state index contributed by atoms with van der Waals surface area (Å²) in [5.41, 5.74) is 0. The maximum absolute atomic E-state index is 12.8. The third-order valence-corrected chi connectivity index (χ3v) is 11.1. The van der Waals surface area contributed by atoms with Crippen molar-refractivity contribution in [3.63, 3.8) is 0 Å². The maximum Gasteiger partial charge on any atom is 0.306 e. The summed E-state index contributed by atoms with van der Waals surface area (Å²) in [5.74, 6) is -0.892. The molecule has 6 nitrogen and oxygen atoms in total. The zero-order valence-corrected chi connectivity index (χ0v) is 39.3. The lowest BCUT2D eigenvalue weighted by Crippen LogP contribution is -2.30. The van der Waals surface area contributed by atoms with E-state index >= 15 is 0 Å². The molecule has 0 saturated carbocycles. The smallest absolute Gasteiger partial charge is 0.306 e. The van der Waals surface area contributed by atoms with Gasteiger partial charge in [0.1, 0.15) is 13.2 Å². The van der Waals surface area contributed by atoms with Gasteiger partial charge in [-0.2, -0.15) is 0 Å². The van der Waals surface area contributed by atoms with Crippen LogP contribution in [0.1, 0.15) is 265 Å². The van der Waals surface area contributed by atoms with Crippen molar-refractivity contribution in [2.45, 2.75) is 271 Å². The number of esters is 3. The van der Waals surface area contributed by atoms with E-state index in [1.807, 2.05) is 0 Å². The second-order valence-electron chi connectivity index (χ2n) is 17.1. The number of hydrogen-bond acceptors (Lipinski definition) is 6. The number of ether oxygens (including phenoxy) is 3. The van der Waals surface area contributed by atoms with Gasteiger partial charge in [0.2, 0.25) is 0 Å². The molecule has 0 radical (unpaired) electrons. The number of unbranched alkanes of at least 4 members (excludes halogenated alkanes) is 29. The van der Waals surface area contributed by atoms with Gasteiger partial charge in [0, 0.05) is 19.3 Å². The zero-order valence-electron chi connectivity index (χ0n) is 39.3. The first-order valence-electron chi connectivity index (χ1n) is 25.5. The van der Waals surface area contributed by atoms with Gasteiger partial charge in [0.25, 0.3) is 0 Å². The van der Waals surface area contributed by atoms with Crippen molar-refractivity contribution in [2.24, 2.45) is 0 Å². The van der Waals surface area contributed by atoms with Crippen LogP contribution in [0.15, 0.2) is 36.5 Å². The Hall–Kier alpha value is -2.37. The molecule has 0 rings (SSSR count). The predicted octanol–water partition coefficient (Wildman–Crippen LogP) is 16.5. The Kier molecular flexibility index (Phi) is 46.4. The average molecular weight is 829 g/mol. The molecule has 0 bridgehead atoms. The lowest BCUT2D eigenvalue weighted by Gasteiger charge is -2.18.